The van der Waals surface area contributed by atoms with E-state index in [4.69, 9.17) is 11.6 Å². The van der Waals surface area contributed by atoms with Crippen LogP contribution in [0.2, 0.25) is 5.02 Å². The first-order valence-electron chi connectivity index (χ1n) is 8.26. The number of ether oxygens (including phenoxy) is 1. The number of carbonyl (C=O) groups excluding carboxylic acids is 1. The van der Waals surface area contributed by atoms with E-state index in [0.29, 0.717) is 0 Å². The molecule has 29 heavy (non-hydrogen) atoms. The van der Waals surface area contributed by atoms with E-state index in [1.165, 1.54) is 37.4 Å². The molecule has 158 valence electrons. The van der Waals surface area contributed by atoms with Gasteiger partial charge in [0.1, 0.15) is 0 Å². The van der Waals surface area contributed by atoms with Gasteiger partial charge >= 0.3 is 6.36 Å². The Hall–Kier alpha value is -2.30. The molecule has 0 heterocycles. The van der Waals surface area contributed by atoms with Crippen molar-refractivity contribution in [2.75, 3.05) is 12.4 Å². The summed E-state index contributed by atoms with van der Waals surface area (Å²) in [6.07, 6.45) is -4.95. The summed E-state index contributed by atoms with van der Waals surface area (Å²) < 4.78 is 67.9. The number of carbonyl (C=O) groups is 1. The van der Waals surface area contributed by atoms with Crippen LogP contribution in [0.25, 0.3) is 0 Å². The number of hydrogen-bond donors (Lipinski definition) is 1. The third kappa shape index (κ3) is 5.62. The van der Waals surface area contributed by atoms with Gasteiger partial charge in [0, 0.05) is 13.1 Å². The fourth-order valence-corrected chi connectivity index (χ4v) is 3.85. The third-order valence-corrected chi connectivity index (χ3v) is 6.31. The normalized spacial score (nSPS) is 12.3. The summed E-state index contributed by atoms with van der Waals surface area (Å²) in [5.74, 6) is -1.51. The SMILES string of the molecule is CC(C)N(C)S(=O)(=O)c1ccc(Cl)c(C(=O)Nc2ccccc2OC(F)(F)F)c1. The first-order chi connectivity index (χ1) is 13.3. The maximum atomic E-state index is 12.6. The summed E-state index contributed by atoms with van der Waals surface area (Å²) >= 11 is 6.02. The molecule has 2 rings (SSSR count). The van der Waals surface area contributed by atoms with Crippen molar-refractivity contribution in [2.24, 2.45) is 0 Å². The molecule has 0 atom stereocenters. The number of benzene rings is 2. The Labute approximate surface area is 171 Å². The second kappa shape index (κ2) is 8.60. The van der Waals surface area contributed by atoms with E-state index in [9.17, 15) is 26.4 Å². The number of para-hydroxylation sites is 2. The molecule has 0 aliphatic carbocycles. The van der Waals surface area contributed by atoms with E-state index in [1.54, 1.807) is 13.8 Å². The molecule has 0 fully saturated rings. The number of halogens is 4. The molecule has 0 aliphatic rings. The minimum atomic E-state index is -4.95. The van der Waals surface area contributed by atoms with Gasteiger partial charge in [-0.3, -0.25) is 4.79 Å². The first kappa shape index (κ1) is 23.0. The molecule has 2 aromatic rings. The highest BCUT2D eigenvalue weighted by Crippen LogP contribution is 2.31. The smallest absolute Gasteiger partial charge is 0.404 e. The first-order valence-corrected chi connectivity index (χ1v) is 10.1. The van der Waals surface area contributed by atoms with Crippen LogP contribution in [0.5, 0.6) is 5.75 Å². The Kier molecular flexibility index (Phi) is 6.82. The van der Waals surface area contributed by atoms with Gasteiger partial charge in [0.25, 0.3) is 5.91 Å². The maximum Gasteiger partial charge on any atom is 0.573 e. The Morgan fingerprint density at radius 1 is 1.17 bits per heavy atom. The van der Waals surface area contributed by atoms with Crippen molar-refractivity contribution in [3.63, 3.8) is 0 Å². The minimum Gasteiger partial charge on any atom is -0.404 e. The van der Waals surface area contributed by atoms with Crippen molar-refractivity contribution in [1.29, 1.82) is 0 Å². The van der Waals surface area contributed by atoms with Crippen LogP contribution >= 0.6 is 11.6 Å². The predicted octanol–water partition coefficient (Wildman–Crippen LogP) is 4.52. The fourth-order valence-electron chi connectivity index (χ4n) is 2.26. The molecule has 0 saturated heterocycles. The van der Waals surface area contributed by atoms with Gasteiger partial charge in [-0.2, -0.15) is 4.31 Å². The molecule has 0 aliphatic heterocycles. The van der Waals surface area contributed by atoms with Crippen molar-refractivity contribution in [2.45, 2.75) is 31.1 Å². The van der Waals surface area contributed by atoms with Crippen LogP contribution in [0.15, 0.2) is 47.4 Å². The van der Waals surface area contributed by atoms with E-state index in [-0.39, 0.29) is 27.2 Å². The van der Waals surface area contributed by atoms with Crippen molar-refractivity contribution in [1.82, 2.24) is 4.31 Å². The maximum absolute atomic E-state index is 12.6. The second-order valence-electron chi connectivity index (χ2n) is 6.25. The van der Waals surface area contributed by atoms with Crippen molar-refractivity contribution in [3.05, 3.63) is 53.1 Å². The summed E-state index contributed by atoms with van der Waals surface area (Å²) in [6.45, 7) is 3.36. The van der Waals surface area contributed by atoms with Crippen molar-refractivity contribution < 1.29 is 31.1 Å². The molecular formula is C18H18ClF3N2O4S. The largest absolute Gasteiger partial charge is 0.573 e. The van der Waals surface area contributed by atoms with Gasteiger partial charge in [-0.15, -0.1) is 13.2 Å². The Morgan fingerprint density at radius 2 is 1.79 bits per heavy atom. The molecule has 11 heteroatoms. The van der Waals surface area contributed by atoms with E-state index in [1.807, 2.05) is 0 Å². The third-order valence-electron chi connectivity index (χ3n) is 3.95. The summed E-state index contributed by atoms with van der Waals surface area (Å²) in [7, 11) is -2.51. The van der Waals surface area contributed by atoms with Crippen LogP contribution < -0.4 is 10.1 Å². The van der Waals surface area contributed by atoms with Gasteiger partial charge in [0.2, 0.25) is 10.0 Å². The molecule has 6 nitrogen and oxygen atoms in total. The zero-order chi connectivity index (χ0) is 22.0. The van der Waals surface area contributed by atoms with Crippen LogP contribution in [0.3, 0.4) is 0 Å². The minimum absolute atomic E-state index is 0.0668. The molecule has 1 N–H and O–H groups in total. The lowest BCUT2D eigenvalue weighted by Gasteiger charge is -2.21. The van der Waals surface area contributed by atoms with Gasteiger partial charge in [-0.25, -0.2) is 8.42 Å². The number of rotatable bonds is 6. The van der Waals surface area contributed by atoms with E-state index in [0.717, 1.165) is 16.4 Å². The van der Waals surface area contributed by atoms with Crippen LogP contribution in [0.1, 0.15) is 24.2 Å². The number of nitrogens with zero attached hydrogens (tertiary/aromatic N) is 1. The predicted molar refractivity (Wildman–Crippen MR) is 103 cm³/mol. The Bertz CT molecular complexity index is 1010. The summed E-state index contributed by atoms with van der Waals surface area (Å²) in [4.78, 5) is 12.4. The summed E-state index contributed by atoms with van der Waals surface area (Å²) in [5.41, 5.74) is -0.467. The number of amides is 1. The summed E-state index contributed by atoms with van der Waals surface area (Å²) in [5, 5.41) is 2.20. The van der Waals surface area contributed by atoms with Crippen LogP contribution in [-0.4, -0.2) is 38.1 Å². The lowest BCUT2D eigenvalue weighted by Crippen LogP contribution is -2.33. The lowest BCUT2D eigenvalue weighted by atomic mass is 10.2. The van der Waals surface area contributed by atoms with E-state index >= 15 is 0 Å². The Morgan fingerprint density at radius 3 is 2.38 bits per heavy atom. The zero-order valence-corrected chi connectivity index (χ0v) is 17.2. The highest BCUT2D eigenvalue weighted by molar-refractivity contribution is 7.89. The molecule has 0 aromatic heterocycles. The number of hydrogen-bond acceptors (Lipinski definition) is 4. The summed E-state index contributed by atoms with van der Waals surface area (Å²) in [6, 6.07) is 8.16. The number of sulfonamides is 1. The zero-order valence-electron chi connectivity index (χ0n) is 15.6. The van der Waals surface area contributed by atoms with Crippen LogP contribution in [0, 0.1) is 0 Å². The second-order valence-corrected chi connectivity index (χ2v) is 8.66. The molecular weight excluding hydrogens is 433 g/mol. The average molecular weight is 451 g/mol. The highest BCUT2D eigenvalue weighted by Gasteiger charge is 2.32. The molecule has 0 saturated carbocycles. The van der Waals surface area contributed by atoms with Gasteiger partial charge in [-0.05, 0) is 44.2 Å². The van der Waals surface area contributed by atoms with Gasteiger partial charge < -0.3 is 10.1 Å². The van der Waals surface area contributed by atoms with Crippen molar-refractivity contribution >= 4 is 33.2 Å². The molecule has 1 amide bonds. The number of alkyl halides is 3. The molecule has 0 spiro atoms. The van der Waals surface area contributed by atoms with E-state index < -0.39 is 28.0 Å². The van der Waals surface area contributed by atoms with Gasteiger partial charge in [0.15, 0.2) is 5.75 Å². The topological polar surface area (TPSA) is 75.7 Å². The van der Waals surface area contributed by atoms with E-state index in [2.05, 4.69) is 10.1 Å². The lowest BCUT2D eigenvalue weighted by molar-refractivity contribution is -0.274. The van der Waals surface area contributed by atoms with Crippen molar-refractivity contribution in [3.8, 4) is 5.75 Å². The number of anilines is 1. The van der Waals surface area contributed by atoms with Gasteiger partial charge in [-0.1, -0.05) is 23.7 Å². The molecule has 0 bridgehead atoms. The van der Waals surface area contributed by atoms with Gasteiger partial charge in [0.05, 0.1) is 21.2 Å². The standard InChI is InChI=1S/C18H18ClF3N2O4S/c1-11(2)24(3)29(26,27)12-8-9-14(19)13(10-12)17(25)23-15-6-4-5-7-16(15)28-18(20,21)22/h4-11H,1-3H3,(H,23,25). The Balaban J connectivity index is 2.38. The average Bonchev–Trinajstić information content (AvgIpc) is 2.61. The highest BCUT2D eigenvalue weighted by atomic mass is 35.5. The van der Waals surface area contributed by atoms with Crippen LogP contribution in [-0.2, 0) is 10.0 Å². The molecule has 0 unspecified atom stereocenters. The molecule has 2 aromatic carbocycles. The fraction of sp³-hybridized carbons (Fsp3) is 0.278. The molecule has 0 radical (unpaired) electrons. The quantitative estimate of drug-likeness (QED) is 0.702. The monoisotopic (exact) mass is 450 g/mol. The number of nitrogens with one attached hydrogen (secondary N) is 1. The van der Waals surface area contributed by atoms with Crippen LogP contribution in [0.4, 0.5) is 18.9 Å².